The van der Waals surface area contributed by atoms with Gasteiger partial charge in [0.1, 0.15) is 11.5 Å². The van der Waals surface area contributed by atoms with E-state index < -0.39 is 0 Å². The molecule has 1 saturated carbocycles. The Hall–Kier alpha value is -0.760. The van der Waals surface area contributed by atoms with E-state index in [1.807, 2.05) is 13.0 Å². The van der Waals surface area contributed by atoms with E-state index in [1.54, 1.807) is 0 Å². The highest BCUT2D eigenvalue weighted by Crippen LogP contribution is 2.26. The molecule has 3 atom stereocenters. The monoisotopic (exact) mass is 235 g/mol. The molecular formula is C15H25NO. The van der Waals surface area contributed by atoms with Crippen LogP contribution in [0.4, 0.5) is 0 Å². The summed E-state index contributed by atoms with van der Waals surface area (Å²) in [6.45, 7) is 6.59. The SMILES string of the molecule is Cc1ccc(C(C)NC2CCCCCC2C)o1. The summed E-state index contributed by atoms with van der Waals surface area (Å²) in [5.41, 5.74) is 0. The van der Waals surface area contributed by atoms with Crippen LogP contribution >= 0.6 is 0 Å². The molecule has 0 amide bonds. The van der Waals surface area contributed by atoms with Crippen LogP contribution < -0.4 is 5.32 Å². The second-order valence-electron chi connectivity index (χ2n) is 5.56. The minimum atomic E-state index is 0.328. The van der Waals surface area contributed by atoms with Crippen molar-refractivity contribution in [1.82, 2.24) is 5.32 Å². The Morgan fingerprint density at radius 3 is 2.71 bits per heavy atom. The van der Waals surface area contributed by atoms with E-state index in [-0.39, 0.29) is 0 Å². The smallest absolute Gasteiger partial charge is 0.120 e. The molecule has 1 aliphatic carbocycles. The molecule has 17 heavy (non-hydrogen) atoms. The molecule has 2 nitrogen and oxygen atoms in total. The third-order valence-electron chi connectivity index (χ3n) is 4.01. The van der Waals surface area contributed by atoms with Crippen LogP contribution in [-0.4, -0.2) is 6.04 Å². The molecule has 0 aromatic carbocycles. The topological polar surface area (TPSA) is 25.2 Å². The minimum Gasteiger partial charge on any atom is -0.465 e. The molecule has 0 spiro atoms. The van der Waals surface area contributed by atoms with Crippen LogP contribution in [-0.2, 0) is 0 Å². The van der Waals surface area contributed by atoms with Crippen molar-refractivity contribution >= 4 is 0 Å². The first-order chi connectivity index (χ1) is 8.16. The summed E-state index contributed by atoms with van der Waals surface area (Å²) in [6.07, 6.45) is 6.84. The molecule has 0 saturated heterocycles. The molecular weight excluding hydrogens is 210 g/mol. The quantitative estimate of drug-likeness (QED) is 0.794. The predicted octanol–water partition coefficient (Wildman–Crippen LogP) is 4.21. The van der Waals surface area contributed by atoms with Crippen molar-refractivity contribution in [3.05, 3.63) is 23.7 Å². The van der Waals surface area contributed by atoms with Gasteiger partial charge in [0.2, 0.25) is 0 Å². The number of hydrogen-bond acceptors (Lipinski definition) is 2. The summed E-state index contributed by atoms with van der Waals surface area (Å²) in [5, 5.41) is 3.74. The summed E-state index contributed by atoms with van der Waals surface area (Å²) in [4.78, 5) is 0. The molecule has 96 valence electrons. The number of rotatable bonds is 3. The van der Waals surface area contributed by atoms with Crippen LogP contribution in [0.2, 0.25) is 0 Å². The highest BCUT2D eigenvalue weighted by Gasteiger charge is 2.22. The van der Waals surface area contributed by atoms with Crippen LogP contribution in [0.3, 0.4) is 0 Å². The van der Waals surface area contributed by atoms with Gasteiger partial charge in [-0.2, -0.15) is 0 Å². The van der Waals surface area contributed by atoms with E-state index in [0.29, 0.717) is 12.1 Å². The van der Waals surface area contributed by atoms with Crippen molar-refractivity contribution in [1.29, 1.82) is 0 Å². The highest BCUT2D eigenvalue weighted by atomic mass is 16.3. The van der Waals surface area contributed by atoms with Crippen molar-refractivity contribution in [2.75, 3.05) is 0 Å². The van der Waals surface area contributed by atoms with Gasteiger partial charge >= 0.3 is 0 Å². The van der Waals surface area contributed by atoms with E-state index in [4.69, 9.17) is 4.42 Å². The Bertz CT molecular complexity index is 344. The number of hydrogen-bond donors (Lipinski definition) is 1. The molecule has 3 unspecified atom stereocenters. The molecule has 1 aliphatic rings. The van der Waals surface area contributed by atoms with Gasteiger partial charge in [0.15, 0.2) is 0 Å². The van der Waals surface area contributed by atoms with Gasteiger partial charge in [-0.05, 0) is 44.7 Å². The Kier molecular flexibility index (Phi) is 4.27. The second kappa shape index (κ2) is 5.72. The molecule has 2 rings (SSSR count). The average Bonchev–Trinajstić information content (AvgIpc) is 2.63. The Balaban J connectivity index is 1.94. The standard InChI is InChI=1S/C15H25NO/c1-11-7-5-4-6-8-14(11)16-13(3)15-10-9-12(2)17-15/h9-11,13-14,16H,4-8H2,1-3H3. The lowest BCUT2D eigenvalue weighted by Crippen LogP contribution is -2.36. The van der Waals surface area contributed by atoms with Gasteiger partial charge in [-0.25, -0.2) is 0 Å². The first-order valence-electron chi connectivity index (χ1n) is 6.99. The molecule has 1 aromatic heterocycles. The zero-order chi connectivity index (χ0) is 12.3. The summed E-state index contributed by atoms with van der Waals surface area (Å²) in [6, 6.07) is 5.12. The van der Waals surface area contributed by atoms with Crippen molar-refractivity contribution in [2.24, 2.45) is 5.92 Å². The summed E-state index contributed by atoms with van der Waals surface area (Å²) in [7, 11) is 0. The lowest BCUT2D eigenvalue weighted by Gasteiger charge is -2.26. The summed E-state index contributed by atoms with van der Waals surface area (Å²) < 4.78 is 5.69. The third-order valence-corrected chi connectivity index (χ3v) is 4.01. The van der Waals surface area contributed by atoms with Crippen molar-refractivity contribution in [3.63, 3.8) is 0 Å². The van der Waals surface area contributed by atoms with E-state index in [0.717, 1.165) is 17.4 Å². The van der Waals surface area contributed by atoms with Crippen LogP contribution in [0, 0.1) is 12.8 Å². The highest BCUT2D eigenvalue weighted by molar-refractivity contribution is 5.09. The van der Waals surface area contributed by atoms with Crippen LogP contribution in [0.1, 0.15) is 63.5 Å². The van der Waals surface area contributed by atoms with Gasteiger partial charge in [-0.1, -0.05) is 26.2 Å². The third kappa shape index (κ3) is 3.35. The molecule has 0 aliphatic heterocycles. The predicted molar refractivity (Wildman–Crippen MR) is 71.0 cm³/mol. The zero-order valence-corrected chi connectivity index (χ0v) is 11.3. The first-order valence-corrected chi connectivity index (χ1v) is 6.99. The first kappa shape index (κ1) is 12.7. The largest absolute Gasteiger partial charge is 0.465 e. The van der Waals surface area contributed by atoms with Crippen molar-refractivity contribution in [3.8, 4) is 0 Å². The maximum absolute atomic E-state index is 5.69. The van der Waals surface area contributed by atoms with E-state index in [9.17, 15) is 0 Å². The van der Waals surface area contributed by atoms with E-state index in [2.05, 4.69) is 25.2 Å². The Morgan fingerprint density at radius 1 is 1.24 bits per heavy atom. The normalized spacial score (nSPS) is 27.7. The van der Waals surface area contributed by atoms with Gasteiger partial charge in [0.05, 0.1) is 6.04 Å². The average molecular weight is 235 g/mol. The fourth-order valence-electron chi connectivity index (χ4n) is 2.83. The molecule has 1 fully saturated rings. The molecule has 1 heterocycles. The van der Waals surface area contributed by atoms with E-state index in [1.165, 1.54) is 32.1 Å². The zero-order valence-electron chi connectivity index (χ0n) is 11.3. The number of furan rings is 1. The van der Waals surface area contributed by atoms with Gasteiger partial charge in [0, 0.05) is 6.04 Å². The van der Waals surface area contributed by atoms with Gasteiger partial charge in [0.25, 0.3) is 0 Å². The maximum Gasteiger partial charge on any atom is 0.120 e. The number of nitrogens with one attached hydrogen (secondary N) is 1. The van der Waals surface area contributed by atoms with Gasteiger partial charge in [-0.3, -0.25) is 0 Å². The minimum absolute atomic E-state index is 0.328. The van der Waals surface area contributed by atoms with E-state index >= 15 is 0 Å². The fourth-order valence-corrected chi connectivity index (χ4v) is 2.83. The van der Waals surface area contributed by atoms with Crippen LogP contribution in [0.25, 0.3) is 0 Å². The van der Waals surface area contributed by atoms with Crippen LogP contribution in [0.15, 0.2) is 16.5 Å². The Labute approximate surface area is 105 Å². The molecule has 1 aromatic rings. The maximum atomic E-state index is 5.69. The fraction of sp³-hybridized carbons (Fsp3) is 0.733. The lowest BCUT2D eigenvalue weighted by atomic mass is 9.96. The van der Waals surface area contributed by atoms with Crippen molar-refractivity contribution in [2.45, 2.75) is 65.0 Å². The molecule has 1 N–H and O–H groups in total. The summed E-state index contributed by atoms with van der Waals surface area (Å²) in [5.74, 6) is 2.86. The molecule has 0 bridgehead atoms. The Morgan fingerprint density at radius 2 is 2.00 bits per heavy atom. The molecule has 2 heteroatoms. The van der Waals surface area contributed by atoms with Gasteiger partial charge in [-0.15, -0.1) is 0 Å². The van der Waals surface area contributed by atoms with Crippen molar-refractivity contribution < 1.29 is 4.42 Å². The second-order valence-corrected chi connectivity index (χ2v) is 5.56. The lowest BCUT2D eigenvalue weighted by molar-refractivity contribution is 0.306. The van der Waals surface area contributed by atoms with Crippen LogP contribution in [0.5, 0.6) is 0 Å². The molecule has 0 radical (unpaired) electrons. The van der Waals surface area contributed by atoms with Gasteiger partial charge < -0.3 is 9.73 Å². The summed E-state index contributed by atoms with van der Waals surface area (Å²) >= 11 is 0. The number of aryl methyl sites for hydroxylation is 1.